The third kappa shape index (κ3) is 2.15. The van der Waals surface area contributed by atoms with Gasteiger partial charge in [0.2, 0.25) is 5.78 Å². The van der Waals surface area contributed by atoms with Gasteiger partial charge in [-0.3, -0.25) is 9.10 Å². The molecule has 0 atom stereocenters. The van der Waals surface area contributed by atoms with Crippen LogP contribution in [0.5, 0.6) is 0 Å². The number of Topliss-reactive ketones (excluding diaryl/α,β-unsaturated/α-hetero) is 1. The minimum Gasteiger partial charge on any atom is -0.287 e. The molecule has 3 rings (SSSR count). The first-order valence-electron chi connectivity index (χ1n) is 6.41. The summed E-state index contributed by atoms with van der Waals surface area (Å²) in [5, 5.41) is 0. The highest BCUT2D eigenvalue weighted by Crippen LogP contribution is 2.31. The van der Waals surface area contributed by atoms with Crippen molar-refractivity contribution >= 4 is 21.9 Å². The smallest absolute Gasteiger partial charge is 0.264 e. The molecule has 5 heteroatoms. The Labute approximate surface area is 123 Å². The Hall–Kier alpha value is -2.40. The van der Waals surface area contributed by atoms with Crippen LogP contribution in [0.1, 0.15) is 15.9 Å². The van der Waals surface area contributed by atoms with Crippen molar-refractivity contribution in [2.24, 2.45) is 0 Å². The van der Waals surface area contributed by atoms with Gasteiger partial charge in [0.15, 0.2) is 0 Å². The van der Waals surface area contributed by atoms with Gasteiger partial charge in [-0.05, 0) is 23.8 Å². The van der Waals surface area contributed by atoms with Crippen molar-refractivity contribution in [3.8, 4) is 0 Å². The summed E-state index contributed by atoms with van der Waals surface area (Å²) in [6.07, 6.45) is 1.59. The maximum absolute atomic E-state index is 12.5. The summed E-state index contributed by atoms with van der Waals surface area (Å²) in [6.45, 7) is 0. The number of sulfonamides is 1. The summed E-state index contributed by atoms with van der Waals surface area (Å²) in [7, 11) is -2.28. The van der Waals surface area contributed by atoms with Crippen molar-refractivity contribution in [3.63, 3.8) is 0 Å². The van der Waals surface area contributed by atoms with E-state index in [1.54, 1.807) is 24.3 Å². The van der Waals surface area contributed by atoms with Gasteiger partial charge in [0.05, 0.1) is 4.90 Å². The summed E-state index contributed by atoms with van der Waals surface area (Å²) in [5.74, 6) is -0.285. The van der Waals surface area contributed by atoms with Crippen molar-refractivity contribution in [3.05, 3.63) is 71.4 Å². The monoisotopic (exact) mass is 299 g/mol. The number of hydrogen-bond donors (Lipinski definition) is 0. The number of fused-ring (bicyclic) bond motifs is 1. The summed E-state index contributed by atoms with van der Waals surface area (Å²) in [6, 6.07) is 15.5. The molecular weight excluding hydrogens is 286 g/mol. The Balaban J connectivity index is 2.22. The molecule has 0 bridgehead atoms. The number of carbonyl (C=O) groups excluding carboxylic acids is 1. The predicted molar refractivity (Wildman–Crippen MR) is 80.1 cm³/mol. The Morgan fingerprint density at radius 3 is 2.29 bits per heavy atom. The summed E-state index contributed by atoms with van der Waals surface area (Å²) >= 11 is 0. The highest BCUT2D eigenvalue weighted by molar-refractivity contribution is 7.89. The molecule has 2 aromatic carbocycles. The van der Waals surface area contributed by atoms with Crippen LogP contribution in [0, 0.1) is 0 Å². The lowest BCUT2D eigenvalue weighted by Crippen LogP contribution is -2.36. The average Bonchev–Trinajstić information content (AvgIpc) is 2.51. The molecule has 0 aliphatic carbocycles. The van der Waals surface area contributed by atoms with Gasteiger partial charge in [-0.2, -0.15) is 0 Å². The standard InChI is InChI=1S/C16H13NO3S/c1-17-14(11-12-7-3-2-4-8-12)16(18)13-9-5-6-10-15(13)21(17,19)20/h2-11H,1H3. The van der Waals surface area contributed by atoms with Crippen LogP contribution in [0.25, 0.3) is 6.08 Å². The average molecular weight is 299 g/mol. The molecule has 0 saturated carbocycles. The van der Waals surface area contributed by atoms with Crippen LogP contribution in [0.4, 0.5) is 0 Å². The van der Waals surface area contributed by atoms with Gasteiger partial charge in [-0.15, -0.1) is 0 Å². The third-order valence-corrected chi connectivity index (χ3v) is 5.27. The Morgan fingerprint density at radius 1 is 0.952 bits per heavy atom. The minimum absolute atomic E-state index is 0.0581. The number of nitrogens with zero attached hydrogens (tertiary/aromatic N) is 1. The van der Waals surface area contributed by atoms with E-state index < -0.39 is 10.0 Å². The topological polar surface area (TPSA) is 54.5 Å². The first-order chi connectivity index (χ1) is 10.0. The Morgan fingerprint density at radius 2 is 1.57 bits per heavy atom. The molecule has 4 nitrogen and oxygen atoms in total. The molecule has 0 aromatic heterocycles. The molecule has 0 unspecified atom stereocenters. The quantitative estimate of drug-likeness (QED) is 0.760. The maximum Gasteiger partial charge on any atom is 0.264 e. The minimum atomic E-state index is -3.68. The first-order valence-corrected chi connectivity index (χ1v) is 7.85. The molecule has 0 radical (unpaired) electrons. The summed E-state index contributed by atoms with van der Waals surface area (Å²) < 4.78 is 26.0. The normalized spacial score (nSPS) is 18.6. The second kappa shape index (κ2) is 4.86. The molecule has 0 N–H and O–H groups in total. The van der Waals surface area contributed by atoms with Crippen LogP contribution in [-0.4, -0.2) is 25.6 Å². The predicted octanol–water partition coefficient (Wildman–Crippen LogP) is 2.54. The van der Waals surface area contributed by atoms with Crippen LogP contribution >= 0.6 is 0 Å². The van der Waals surface area contributed by atoms with E-state index in [1.165, 1.54) is 13.1 Å². The number of likely N-dealkylation sites (N-methyl/N-ethyl adjacent to an activating group) is 1. The van der Waals surface area contributed by atoms with Gasteiger partial charge < -0.3 is 0 Å². The molecule has 1 aliphatic heterocycles. The van der Waals surface area contributed by atoms with Crippen LogP contribution in [0.2, 0.25) is 0 Å². The molecule has 0 spiro atoms. The molecular formula is C16H13NO3S. The van der Waals surface area contributed by atoms with Crippen LogP contribution < -0.4 is 0 Å². The van der Waals surface area contributed by atoms with Gasteiger partial charge in [-0.25, -0.2) is 8.42 Å². The van der Waals surface area contributed by atoms with Crippen molar-refractivity contribution in [2.75, 3.05) is 7.05 Å². The lowest BCUT2D eigenvalue weighted by Gasteiger charge is -2.27. The Bertz CT molecular complexity index is 839. The maximum atomic E-state index is 12.5. The van der Waals surface area contributed by atoms with Crippen molar-refractivity contribution in [1.82, 2.24) is 4.31 Å². The van der Waals surface area contributed by atoms with Gasteiger partial charge in [0, 0.05) is 12.6 Å². The number of allylic oxidation sites excluding steroid dienone is 1. The fourth-order valence-corrected chi connectivity index (χ4v) is 3.68. The lowest BCUT2D eigenvalue weighted by molar-refractivity contribution is 0.101. The molecule has 0 fully saturated rings. The molecule has 1 heterocycles. The van der Waals surface area contributed by atoms with Gasteiger partial charge in [0.25, 0.3) is 10.0 Å². The number of carbonyl (C=O) groups is 1. The fourth-order valence-electron chi connectivity index (χ4n) is 2.30. The molecule has 2 aromatic rings. The van der Waals surface area contributed by atoms with E-state index in [9.17, 15) is 13.2 Å². The zero-order valence-corrected chi connectivity index (χ0v) is 12.2. The van der Waals surface area contributed by atoms with Gasteiger partial charge in [0.1, 0.15) is 5.70 Å². The van der Waals surface area contributed by atoms with Crippen LogP contribution in [0.3, 0.4) is 0 Å². The SMILES string of the molecule is CN1C(=Cc2ccccc2)C(=O)c2ccccc2S1(=O)=O. The highest BCUT2D eigenvalue weighted by Gasteiger charge is 2.36. The second-order valence-electron chi connectivity index (χ2n) is 4.74. The van der Waals surface area contributed by atoms with Crippen molar-refractivity contribution in [1.29, 1.82) is 0 Å². The number of ketones is 1. The van der Waals surface area contributed by atoms with E-state index in [4.69, 9.17) is 0 Å². The van der Waals surface area contributed by atoms with Crippen LogP contribution in [-0.2, 0) is 10.0 Å². The molecule has 106 valence electrons. The molecule has 1 aliphatic rings. The largest absolute Gasteiger partial charge is 0.287 e. The van der Waals surface area contributed by atoms with E-state index >= 15 is 0 Å². The summed E-state index contributed by atoms with van der Waals surface area (Å²) in [4.78, 5) is 12.6. The van der Waals surface area contributed by atoms with E-state index in [-0.39, 0.29) is 21.9 Å². The van der Waals surface area contributed by atoms with Gasteiger partial charge >= 0.3 is 0 Å². The number of hydrogen-bond acceptors (Lipinski definition) is 3. The van der Waals surface area contributed by atoms with Crippen molar-refractivity contribution < 1.29 is 13.2 Å². The fraction of sp³-hybridized carbons (Fsp3) is 0.0625. The third-order valence-electron chi connectivity index (χ3n) is 3.44. The first kappa shape index (κ1) is 13.6. The number of rotatable bonds is 1. The van der Waals surface area contributed by atoms with Crippen molar-refractivity contribution in [2.45, 2.75) is 4.90 Å². The molecule has 0 saturated heterocycles. The van der Waals surface area contributed by atoms with E-state index in [0.717, 1.165) is 9.87 Å². The zero-order chi connectivity index (χ0) is 15.0. The molecule has 0 amide bonds. The van der Waals surface area contributed by atoms with E-state index in [1.807, 2.05) is 30.3 Å². The van der Waals surface area contributed by atoms with Crippen LogP contribution in [0.15, 0.2) is 65.2 Å². The van der Waals surface area contributed by atoms with Gasteiger partial charge in [-0.1, -0.05) is 42.5 Å². The Kier molecular flexibility index (Phi) is 3.14. The lowest BCUT2D eigenvalue weighted by atomic mass is 10.1. The summed E-state index contributed by atoms with van der Waals surface area (Å²) in [5.41, 5.74) is 1.15. The zero-order valence-electron chi connectivity index (χ0n) is 11.4. The number of benzene rings is 2. The van der Waals surface area contributed by atoms with E-state index in [0.29, 0.717) is 0 Å². The second-order valence-corrected chi connectivity index (χ2v) is 6.68. The van der Waals surface area contributed by atoms with E-state index in [2.05, 4.69) is 0 Å². The molecule has 21 heavy (non-hydrogen) atoms. The highest BCUT2D eigenvalue weighted by atomic mass is 32.2.